The highest BCUT2D eigenvalue weighted by molar-refractivity contribution is 6.05. The van der Waals surface area contributed by atoms with E-state index in [1.54, 1.807) is 12.1 Å². The number of carbonyl (C=O) groups is 3. The average Bonchev–Trinajstić information content (AvgIpc) is 3.19. The van der Waals surface area contributed by atoms with E-state index in [1.807, 2.05) is 6.07 Å². The zero-order chi connectivity index (χ0) is 27.3. The molecule has 1 aromatic carbocycles. The largest absolute Gasteiger partial charge is 0.489 e. The third kappa shape index (κ3) is 4.99. The van der Waals surface area contributed by atoms with Gasteiger partial charge in [0.05, 0.1) is 5.56 Å². The van der Waals surface area contributed by atoms with Crippen LogP contribution in [0.1, 0.15) is 71.6 Å². The van der Waals surface area contributed by atoms with Crippen LogP contribution in [0.4, 0.5) is 13.2 Å². The number of nitrogens with one attached hydrogen (secondary N) is 1. The number of amides is 3. The molecule has 3 atom stereocenters. The third-order valence-corrected chi connectivity index (χ3v) is 8.36. The van der Waals surface area contributed by atoms with Crippen LogP contribution in [0.15, 0.2) is 36.5 Å². The number of benzene rings is 1. The third-order valence-electron chi connectivity index (χ3n) is 8.36. The van der Waals surface area contributed by atoms with Gasteiger partial charge in [0.15, 0.2) is 0 Å². The van der Waals surface area contributed by atoms with Crippen LogP contribution in [-0.4, -0.2) is 63.8 Å². The molecule has 3 fully saturated rings. The lowest BCUT2D eigenvalue weighted by atomic mass is 9.85. The number of halogens is 3. The number of hydrogen-bond donors (Lipinski definition) is 1. The second-order valence-electron chi connectivity index (χ2n) is 10.8. The van der Waals surface area contributed by atoms with Crippen molar-refractivity contribution in [3.05, 3.63) is 58.9 Å². The summed E-state index contributed by atoms with van der Waals surface area (Å²) in [7, 11) is 0. The molecule has 206 valence electrons. The number of ether oxygens (including phenoxy) is 1. The molecular weight excluding hydrogens is 513 g/mol. The number of nitrogens with zero attached hydrogens (tertiary/aromatic N) is 3. The zero-order valence-corrected chi connectivity index (χ0v) is 21.2. The highest BCUT2D eigenvalue weighted by Gasteiger charge is 2.41. The first-order valence-corrected chi connectivity index (χ1v) is 13.4. The number of rotatable bonds is 5. The van der Waals surface area contributed by atoms with Gasteiger partial charge in [-0.05, 0) is 61.6 Å². The monoisotopic (exact) mass is 542 g/mol. The quantitative estimate of drug-likeness (QED) is 0.580. The van der Waals surface area contributed by atoms with Gasteiger partial charge in [0, 0.05) is 55.5 Å². The van der Waals surface area contributed by atoms with Crippen molar-refractivity contribution in [2.45, 2.75) is 75.4 Å². The highest BCUT2D eigenvalue weighted by Crippen LogP contribution is 2.37. The number of piperidine rings is 1. The van der Waals surface area contributed by atoms with Crippen LogP contribution >= 0.6 is 0 Å². The fraction of sp³-hybridized carbons (Fsp3) is 0.500. The summed E-state index contributed by atoms with van der Waals surface area (Å²) in [5.74, 6) is -0.204. The molecule has 1 aliphatic carbocycles. The van der Waals surface area contributed by atoms with E-state index in [-0.39, 0.29) is 36.3 Å². The van der Waals surface area contributed by atoms with Gasteiger partial charge in [0.25, 0.3) is 5.91 Å². The fourth-order valence-corrected chi connectivity index (χ4v) is 6.22. The van der Waals surface area contributed by atoms with Crippen molar-refractivity contribution in [3.8, 4) is 5.75 Å². The molecule has 0 radical (unpaired) electrons. The first kappa shape index (κ1) is 25.8. The maximum Gasteiger partial charge on any atom is 0.417 e. The molecule has 4 aliphatic rings. The molecule has 1 N–H and O–H groups in total. The van der Waals surface area contributed by atoms with Gasteiger partial charge in [0.1, 0.15) is 17.9 Å². The Hall–Kier alpha value is -3.47. The van der Waals surface area contributed by atoms with Crippen LogP contribution in [0, 0.1) is 0 Å². The lowest BCUT2D eigenvalue weighted by molar-refractivity contribution is -0.138. The molecular formula is C28H29F3N4O4. The number of hydrogen-bond acceptors (Lipinski definition) is 6. The molecule has 11 heteroatoms. The summed E-state index contributed by atoms with van der Waals surface area (Å²) >= 11 is 0. The molecule has 4 heterocycles. The van der Waals surface area contributed by atoms with Crippen molar-refractivity contribution in [3.63, 3.8) is 0 Å². The minimum absolute atomic E-state index is 0.0401. The molecule has 2 aromatic rings. The van der Waals surface area contributed by atoms with Crippen LogP contribution in [0.5, 0.6) is 5.75 Å². The topological polar surface area (TPSA) is 91.8 Å². The summed E-state index contributed by atoms with van der Waals surface area (Å²) in [6, 6.07) is 7.51. The lowest BCUT2D eigenvalue weighted by Gasteiger charge is -2.48. The number of carbonyl (C=O) groups excluding carboxylic acids is 3. The zero-order valence-electron chi connectivity index (χ0n) is 21.2. The number of aromatic nitrogens is 1. The summed E-state index contributed by atoms with van der Waals surface area (Å²) in [5.41, 5.74) is 1.28. The number of alkyl halides is 3. The minimum atomic E-state index is -4.39. The van der Waals surface area contributed by atoms with Crippen LogP contribution in [0.3, 0.4) is 0 Å². The molecule has 0 spiro atoms. The Morgan fingerprint density at radius 1 is 1.00 bits per heavy atom. The number of pyridine rings is 1. The second-order valence-corrected chi connectivity index (χ2v) is 10.8. The fourth-order valence-electron chi connectivity index (χ4n) is 6.22. The van der Waals surface area contributed by atoms with Gasteiger partial charge in [-0.25, -0.2) is 0 Å². The molecule has 0 bridgehead atoms. The molecule has 3 aliphatic heterocycles. The Labute approximate surface area is 223 Å². The Morgan fingerprint density at radius 3 is 2.51 bits per heavy atom. The van der Waals surface area contributed by atoms with Crippen molar-refractivity contribution in [1.29, 1.82) is 0 Å². The number of likely N-dealkylation sites (tertiary alicyclic amines) is 1. The van der Waals surface area contributed by atoms with Gasteiger partial charge in [-0.2, -0.15) is 13.2 Å². The van der Waals surface area contributed by atoms with Gasteiger partial charge in [-0.1, -0.05) is 6.42 Å². The lowest BCUT2D eigenvalue weighted by Crippen LogP contribution is -2.57. The first-order chi connectivity index (χ1) is 18.7. The van der Waals surface area contributed by atoms with Gasteiger partial charge in [-0.15, -0.1) is 0 Å². The predicted molar refractivity (Wildman–Crippen MR) is 133 cm³/mol. The van der Waals surface area contributed by atoms with Crippen LogP contribution in [0.2, 0.25) is 0 Å². The van der Waals surface area contributed by atoms with E-state index in [0.717, 1.165) is 56.6 Å². The van der Waals surface area contributed by atoms with E-state index in [1.165, 1.54) is 11.0 Å². The van der Waals surface area contributed by atoms with Gasteiger partial charge < -0.3 is 9.64 Å². The van der Waals surface area contributed by atoms with Crippen molar-refractivity contribution in [1.82, 2.24) is 20.1 Å². The van der Waals surface area contributed by atoms with E-state index in [9.17, 15) is 27.6 Å². The smallest absolute Gasteiger partial charge is 0.417 e. The summed E-state index contributed by atoms with van der Waals surface area (Å²) in [6.45, 7) is 1.74. The molecule has 1 aromatic heterocycles. The minimum Gasteiger partial charge on any atom is -0.489 e. The SMILES string of the molecule is O=C1CCC(N2Cc3cc(O[C@@H]4CCCC[C@@H]4N4CC(c5ccc(C(F)(F)F)cn5)C4)ccc3C2=O)C(=O)N1. The van der Waals surface area contributed by atoms with Gasteiger partial charge in [0.2, 0.25) is 11.8 Å². The predicted octanol–water partition coefficient (Wildman–Crippen LogP) is 3.65. The van der Waals surface area contributed by atoms with E-state index < -0.39 is 23.7 Å². The van der Waals surface area contributed by atoms with Crippen molar-refractivity contribution >= 4 is 17.7 Å². The molecule has 6 rings (SSSR count). The first-order valence-electron chi connectivity index (χ1n) is 13.4. The number of fused-ring (bicyclic) bond motifs is 1. The summed E-state index contributed by atoms with van der Waals surface area (Å²) in [4.78, 5) is 44.7. The van der Waals surface area contributed by atoms with E-state index in [0.29, 0.717) is 30.0 Å². The summed E-state index contributed by atoms with van der Waals surface area (Å²) in [5, 5.41) is 2.32. The maximum absolute atomic E-state index is 13.0. The van der Waals surface area contributed by atoms with Crippen molar-refractivity contribution in [2.24, 2.45) is 0 Å². The second kappa shape index (κ2) is 9.93. The van der Waals surface area contributed by atoms with Crippen molar-refractivity contribution in [2.75, 3.05) is 13.1 Å². The number of imide groups is 1. The maximum atomic E-state index is 13.0. The van der Waals surface area contributed by atoms with Gasteiger partial charge >= 0.3 is 6.18 Å². The van der Waals surface area contributed by atoms with Gasteiger partial charge in [-0.3, -0.25) is 29.6 Å². The Morgan fingerprint density at radius 2 is 1.79 bits per heavy atom. The molecule has 1 unspecified atom stereocenters. The van der Waals surface area contributed by atoms with E-state index >= 15 is 0 Å². The molecule has 1 saturated carbocycles. The van der Waals surface area contributed by atoms with Crippen molar-refractivity contribution < 1.29 is 32.3 Å². The standard InChI is InChI=1S/C28H29F3N4O4/c29-28(30,31)18-5-8-21(32-12-18)17-13-34(14-17)22-3-1-2-4-24(22)39-19-6-7-20-16(11-19)15-35(27(20)38)23-9-10-25(36)33-26(23)37/h5-8,11-12,17,22-24H,1-4,9-10,13-15H2,(H,33,36,37)/t22-,23?,24+/m0/s1. The molecule has 39 heavy (non-hydrogen) atoms. The molecule has 2 saturated heterocycles. The summed E-state index contributed by atoms with van der Waals surface area (Å²) < 4.78 is 45.0. The van der Waals surface area contributed by atoms with Crippen LogP contribution < -0.4 is 10.1 Å². The Balaban J connectivity index is 1.09. The van der Waals surface area contributed by atoms with E-state index in [4.69, 9.17) is 4.74 Å². The Bertz CT molecular complexity index is 1290. The van der Waals surface area contributed by atoms with Crippen LogP contribution in [0.25, 0.3) is 0 Å². The van der Waals surface area contributed by atoms with E-state index in [2.05, 4.69) is 15.2 Å². The Kier molecular flexibility index (Phi) is 6.57. The summed E-state index contributed by atoms with van der Waals surface area (Å²) in [6.07, 6.45) is 1.00. The highest BCUT2D eigenvalue weighted by atomic mass is 19.4. The normalized spacial score (nSPS) is 26.3. The molecule has 3 amide bonds. The average molecular weight is 543 g/mol. The van der Waals surface area contributed by atoms with Crippen LogP contribution in [-0.2, 0) is 22.3 Å². The molecule has 8 nitrogen and oxygen atoms in total.